The summed E-state index contributed by atoms with van der Waals surface area (Å²) in [6, 6.07) is 1.96. The number of rotatable bonds is 6. The molecule has 0 atom stereocenters. The predicted molar refractivity (Wildman–Crippen MR) is 84.6 cm³/mol. The van der Waals surface area contributed by atoms with Gasteiger partial charge in [-0.2, -0.15) is 0 Å². The number of nitro groups is 1. The molecule has 1 saturated heterocycles. The zero-order valence-electron chi connectivity index (χ0n) is 13.1. The van der Waals surface area contributed by atoms with Gasteiger partial charge >= 0.3 is 11.7 Å². The molecule has 0 spiro atoms. The summed E-state index contributed by atoms with van der Waals surface area (Å²) in [5.74, 6) is -0.274. The first-order valence-electron chi connectivity index (χ1n) is 6.78. The maximum Gasteiger partial charge on any atom is 0.329 e. The highest BCUT2D eigenvalue weighted by molar-refractivity contribution is 6.14. The first-order chi connectivity index (χ1) is 11.4. The molecule has 1 aliphatic heterocycles. The summed E-state index contributed by atoms with van der Waals surface area (Å²) >= 11 is 0. The molecule has 126 valence electrons. The van der Waals surface area contributed by atoms with Gasteiger partial charge in [-0.05, 0) is 6.08 Å². The molecule has 0 aliphatic carbocycles. The Hall–Kier alpha value is -3.36. The number of methoxy groups -OCH3 is 2. The lowest BCUT2D eigenvalue weighted by molar-refractivity contribution is -0.385. The highest BCUT2D eigenvalue weighted by Crippen LogP contribution is 2.35. The van der Waals surface area contributed by atoms with Crippen molar-refractivity contribution in [2.45, 2.75) is 0 Å². The molecule has 0 unspecified atom stereocenters. The van der Waals surface area contributed by atoms with Gasteiger partial charge in [0.1, 0.15) is 11.4 Å². The van der Waals surface area contributed by atoms with Crippen LogP contribution in [0, 0.1) is 10.1 Å². The molecular weight excluding hydrogens is 318 g/mol. The van der Waals surface area contributed by atoms with Crippen LogP contribution in [-0.4, -0.2) is 42.5 Å². The monoisotopic (exact) mass is 333 g/mol. The standard InChI is InChI=1S/C15H15N3O6/c1-4-5-17-14(19)10(16-15(17)20)6-9-7-11(18(21)22)13(24-3)8-12(9)23-2/h4,6-8H,1,5H2,2-3H3,(H,16,20)/b10-6+. The minimum absolute atomic E-state index is 0.0142. The van der Waals surface area contributed by atoms with E-state index in [1.807, 2.05) is 0 Å². The Morgan fingerprint density at radius 1 is 1.29 bits per heavy atom. The van der Waals surface area contributed by atoms with Gasteiger partial charge in [-0.15, -0.1) is 6.58 Å². The third-order valence-corrected chi connectivity index (χ3v) is 3.30. The second-order valence-corrected chi connectivity index (χ2v) is 4.72. The Labute approximate surface area is 137 Å². The zero-order chi connectivity index (χ0) is 17.9. The topological polar surface area (TPSA) is 111 Å². The lowest BCUT2D eigenvalue weighted by Gasteiger charge is -2.09. The quantitative estimate of drug-likeness (QED) is 0.279. The molecule has 1 heterocycles. The summed E-state index contributed by atoms with van der Waals surface area (Å²) in [7, 11) is 2.68. The van der Waals surface area contributed by atoms with E-state index in [1.165, 1.54) is 38.5 Å². The fourth-order valence-corrected chi connectivity index (χ4v) is 2.18. The molecule has 9 nitrogen and oxygen atoms in total. The summed E-state index contributed by atoms with van der Waals surface area (Å²) in [6.07, 6.45) is 2.73. The molecule has 1 aromatic rings. The minimum atomic E-state index is -0.612. The van der Waals surface area contributed by atoms with Crippen LogP contribution in [0.5, 0.6) is 11.5 Å². The summed E-state index contributed by atoms with van der Waals surface area (Å²) in [5, 5.41) is 13.5. The first kappa shape index (κ1) is 17.0. The van der Waals surface area contributed by atoms with Crippen LogP contribution in [0.25, 0.3) is 6.08 Å². The van der Waals surface area contributed by atoms with Crippen molar-refractivity contribution in [2.24, 2.45) is 0 Å². The van der Waals surface area contributed by atoms with Crippen LogP contribution in [0.1, 0.15) is 5.56 Å². The van der Waals surface area contributed by atoms with Crippen molar-refractivity contribution in [3.05, 3.63) is 46.2 Å². The molecule has 0 aromatic heterocycles. The molecule has 3 amide bonds. The number of urea groups is 1. The predicted octanol–water partition coefficient (Wildman–Crippen LogP) is 1.69. The summed E-state index contributed by atoms with van der Waals surface area (Å²) in [5.41, 5.74) is -0.0430. The average Bonchev–Trinajstić information content (AvgIpc) is 2.82. The molecule has 1 N–H and O–H groups in total. The number of hydrogen-bond donors (Lipinski definition) is 1. The van der Waals surface area contributed by atoms with Gasteiger partial charge in [0.05, 0.1) is 19.1 Å². The van der Waals surface area contributed by atoms with E-state index >= 15 is 0 Å². The number of nitro benzene ring substituents is 1. The van der Waals surface area contributed by atoms with Crippen molar-refractivity contribution in [2.75, 3.05) is 20.8 Å². The van der Waals surface area contributed by atoms with Crippen LogP contribution < -0.4 is 14.8 Å². The van der Waals surface area contributed by atoms with E-state index in [-0.39, 0.29) is 35.0 Å². The molecule has 1 aromatic carbocycles. The smallest absolute Gasteiger partial charge is 0.329 e. The maximum atomic E-state index is 12.2. The van der Waals surface area contributed by atoms with Gasteiger partial charge in [-0.25, -0.2) is 4.79 Å². The molecule has 9 heteroatoms. The summed E-state index contributed by atoms with van der Waals surface area (Å²) in [6.45, 7) is 3.53. The second kappa shape index (κ2) is 6.82. The Kier molecular flexibility index (Phi) is 4.83. The number of carbonyl (C=O) groups is 2. The van der Waals surface area contributed by atoms with Gasteiger partial charge in [0.2, 0.25) is 5.75 Å². The fourth-order valence-electron chi connectivity index (χ4n) is 2.18. The van der Waals surface area contributed by atoms with Gasteiger partial charge < -0.3 is 14.8 Å². The number of amides is 3. The average molecular weight is 333 g/mol. The highest BCUT2D eigenvalue weighted by atomic mass is 16.6. The normalized spacial score (nSPS) is 15.4. The van der Waals surface area contributed by atoms with Gasteiger partial charge in [0.25, 0.3) is 5.91 Å². The molecule has 1 aliphatic rings. The van der Waals surface area contributed by atoms with Crippen LogP contribution >= 0.6 is 0 Å². The molecule has 0 radical (unpaired) electrons. The Morgan fingerprint density at radius 2 is 1.96 bits per heavy atom. The molecule has 2 rings (SSSR count). The minimum Gasteiger partial charge on any atom is -0.496 e. The van der Waals surface area contributed by atoms with Crippen LogP contribution in [0.3, 0.4) is 0 Å². The van der Waals surface area contributed by atoms with E-state index in [0.29, 0.717) is 0 Å². The van der Waals surface area contributed by atoms with Gasteiger partial charge in [0.15, 0.2) is 0 Å². The molecular formula is C15H15N3O6. The Morgan fingerprint density at radius 3 is 2.50 bits per heavy atom. The lowest BCUT2D eigenvalue weighted by Crippen LogP contribution is -2.30. The van der Waals surface area contributed by atoms with Crippen LogP contribution in [0.15, 0.2) is 30.5 Å². The molecule has 24 heavy (non-hydrogen) atoms. The molecule has 0 bridgehead atoms. The first-order valence-corrected chi connectivity index (χ1v) is 6.78. The second-order valence-electron chi connectivity index (χ2n) is 4.72. The maximum absolute atomic E-state index is 12.2. The number of nitrogens with zero attached hydrogens (tertiary/aromatic N) is 2. The van der Waals surface area contributed by atoms with E-state index in [1.54, 1.807) is 0 Å². The van der Waals surface area contributed by atoms with Crippen molar-refractivity contribution < 1.29 is 24.0 Å². The highest BCUT2D eigenvalue weighted by Gasteiger charge is 2.33. The van der Waals surface area contributed by atoms with Gasteiger partial charge in [0, 0.05) is 24.2 Å². The van der Waals surface area contributed by atoms with E-state index in [4.69, 9.17) is 9.47 Å². The van der Waals surface area contributed by atoms with Gasteiger partial charge in [-0.3, -0.25) is 19.8 Å². The van der Waals surface area contributed by atoms with Crippen LogP contribution in [-0.2, 0) is 4.79 Å². The zero-order valence-corrected chi connectivity index (χ0v) is 13.1. The van der Waals surface area contributed by atoms with E-state index in [9.17, 15) is 19.7 Å². The SMILES string of the molecule is C=CCN1C(=O)N/C(=C/c2cc([N+](=O)[O-])c(OC)cc2OC)C1=O. The van der Waals surface area contributed by atoms with E-state index < -0.39 is 16.9 Å². The number of imide groups is 1. The van der Waals surface area contributed by atoms with Crippen LogP contribution in [0.2, 0.25) is 0 Å². The number of nitrogens with one attached hydrogen (secondary N) is 1. The number of ether oxygens (including phenoxy) is 2. The Balaban J connectivity index is 2.50. The molecule has 1 fully saturated rings. The lowest BCUT2D eigenvalue weighted by atomic mass is 10.1. The summed E-state index contributed by atoms with van der Waals surface area (Å²) < 4.78 is 10.1. The Bertz CT molecular complexity index is 756. The third-order valence-electron chi connectivity index (χ3n) is 3.30. The van der Waals surface area contributed by atoms with E-state index in [0.717, 1.165) is 4.90 Å². The van der Waals surface area contributed by atoms with Crippen molar-refractivity contribution in [1.82, 2.24) is 10.2 Å². The third kappa shape index (κ3) is 3.05. The number of carbonyl (C=O) groups excluding carboxylic acids is 2. The van der Waals surface area contributed by atoms with Crippen molar-refractivity contribution in [3.63, 3.8) is 0 Å². The summed E-state index contributed by atoms with van der Waals surface area (Å²) in [4.78, 5) is 35.4. The van der Waals surface area contributed by atoms with Crippen LogP contribution in [0.4, 0.5) is 10.5 Å². The molecule has 0 saturated carbocycles. The van der Waals surface area contributed by atoms with Crippen molar-refractivity contribution in [1.29, 1.82) is 0 Å². The van der Waals surface area contributed by atoms with Crippen molar-refractivity contribution in [3.8, 4) is 11.5 Å². The fraction of sp³-hybridized carbons (Fsp3) is 0.200. The largest absolute Gasteiger partial charge is 0.496 e. The van der Waals surface area contributed by atoms with Crippen molar-refractivity contribution >= 4 is 23.7 Å². The number of benzene rings is 1. The van der Waals surface area contributed by atoms with E-state index in [2.05, 4.69) is 11.9 Å². The number of hydrogen-bond acceptors (Lipinski definition) is 6. The van der Waals surface area contributed by atoms with Gasteiger partial charge in [-0.1, -0.05) is 6.08 Å².